The average Bonchev–Trinajstić information content (AvgIpc) is 3.95. The van der Waals surface area contributed by atoms with Gasteiger partial charge in [-0.15, -0.1) is 0 Å². The number of carbonyl (C=O) groups excluding carboxylic acids is 8. The Bertz CT molecular complexity index is 1980. The van der Waals surface area contributed by atoms with Crippen LogP contribution in [0, 0.1) is 63.1 Å². The Kier molecular flexibility index (Phi) is 12.3. The van der Waals surface area contributed by atoms with Gasteiger partial charge >= 0.3 is 35.8 Å². The van der Waals surface area contributed by atoms with E-state index < -0.39 is 99.4 Å². The van der Waals surface area contributed by atoms with Crippen LogP contribution in [0.1, 0.15) is 112 Å². The lowest BCUT2D eigenvalue weighted by molar-refractivity contribution is -0.213. The lowest BCUT2D eigenvalue weighted by Gasteiger charge is -2.61. The number of furan rings is 1. The minimum atomic E-state index is -1.04. The fourth-order valence-corrected chi connectivity index (χ4v) is 13.4. The SMILES string of the molecule is COC(=O)[C@@H]1C[C@H](OC(C)=O)C(=O)[C@H]2[C@@]1(C)CCC1C(=O)O[C@@H](C3CCOC3)C[C@@]12C.COC(=O)[C@@H]1C[C@H](OC(C)=O)C(=O)[C@H]2[C@@]1(C)CCC1C(=O)O[C@@H](c3ccoc3)C[C@@]12C.[HH]. The predicted molar refractivity (Wildman–Crippen MR) is 214 cm³/mol. The molecule has 3 saturated heterocycles. The number of esters is 6. The van der Waals surface area contributed by atoms with Crippen molar-refractivity contribution in [2.75, 3.05) is 27.4 Å². The van der Waals surface area contributed by atoms with Crippen molar-refractivity contribution in [3.8, 4) is 0 Å². The Hall–Kier alpha value is -4.60. The summed E-state index contributed by atoms with van der Waals surface area (Å²) in [5.41, 5.74) is -2.14. The second-order valence-electron chi connectivity index (χ2n) is 19.7. The number of carbonyl (C=O) groups is 8. The van der Waals surface area contributed by atoms with Crippen molar-refractivity contribution < 1.29 is 77.4 Å². The van der Waals surface area contributed by atoms with Gasteiger partial charge in [0.1, 0.15) is 12.2 Å². The van der Waals surface area contributed by atoms with Crippen LogP contribution in [0.3, 0.4) is 0 Å². The van der Waals surface area contributed by atoms with Gasteiger partial charge in [-0.2, -0.15) is 0 Å². The number of cyclic esters (lactones) is 2. The summed E-state index contributed by atoms with van der Waals surface area (Å²) in [6.45, 7) is 11.5. The molecule has 15 atom stereocenters. The molecule has 1 aromatic heterocycles. The standard InChI is InChI=1S/C23H32O8.C23H28O8.H2/c2*1-12(24)30-16-9-15(20(26)28-4)22(2)7-5-14-21(27)31-17(13-6-8-29-11-13)10-23(14,3)19(22)18(16)25;/h13-17,19H,5-11H2,1-4H3;6,8,11,14-17,19H,5,7,9-10H2,1-4H3;1H/t13?,14?,15-,16-,17+,19-,22-,23-;14?,15-,16-,17+,19-,22-,23-;/m00./s1. The smallest absolute Gasteiger partial charge is 0.310 e. The second kappa shape index (κ2) is 16.8. The first-order valence-electron chi connectivity index (χ1n) is 21.8. The molecule has 0 amide bonds. The van der Waals surface area contributed by atoms with Gasteiger partial charge in [0.15, 0.2) is 23.8 Å². The van der Waals surface area contributed by atoms with Crippen LogP contribution in [0.2, 0.25) is 0 Å². The number of rotatable bonds is 6. The molecule has 0 radical (unpaired) electrons. The Morgan fingerprint density at radius 2 is 1.19 bits per heavy atom. The molecule has 342 valence electrons. The van der Waals surface area contributed by atoms with Gasteiger partial charge < -0.3 is 37.6 Å². The first-order valence-corrected chi connectivity index (χ1v) is 21.8. The highest BCUT2D eigenvalue weighted by Crippen LogP contribution is 2.66. The van der Waals surface area contributed by atoms with Gasteiger partial charge in [0.25, 0.3) is 0 Å². The molecule has 0 aromatic carbocycles. The fraction of sp³-hybridized carbons (Fsp3) is 0.739. The summed E-state index contributed by atoms with van der Waals surface area (Å²) in [5, 5.41) is 0. The van der Waals surface area contributed by atoms with E-state index >= 15 is 0 Å². The van der Waals surface area contributed by atoms with Gasteiger partial charge in [-0.05, 0) is 72.7 Å². The number of methoxy groups -OCH3 is 2. The predicted octanol–water partition coefficient (Wildman–Crippen LogP) is 5.32. The molecule has 0 spiro atoms. The molecular formula is C46H62O16. The molecule has 4 saturated carbocycles. The minimum Gasteiger partial charge on any atom is -0.472 e. The summed E-state index contributed by atoms with van der Waals surface area (Å²) in [7, 11) is 2.65. The van der Waals surface area contributed by atoms with Gasteiger partial charge in [-0.3, -0.25) is 38.4 Å². The molecule has 16 nitrogen and oxygen atoms in total. The second-order valence-corrected chi connectivity index (χ2v) is 19.7. The highest BCUT2D eigenvalue weighted by molar-refractivity contribution is 5.94. The molecular weight excluding hydrogens is 808 g/mol. The summed E-state index contributed by atoms with van der Waals surface area (Å²) in [6, 6.07) is 1.74. The largest absolute Gasteiger partial charge is 0.472 e. The maximum absolute atomic E-state index is 13.7. The van der Waals surface area contributed by atoms with Crippen molar-refractivity contribution in [1.29, 1.82) is 0 Å². The minimum absolute atomic E-state index is 0. The molecule has 8 rings (SSSR count). The molecule has 7 aliphatic rings. The maximum atomic E-state index is 13.7. The number of hydrogen-bond acceptors (Lipinski definition) is 16. The van der Waals surface area contributed by atoms with E-state index in [1.807, 2.05) is 27.7 Å². The summed E-state index contributed by atoms with van der Waals surface area (Å²) in [5.74, 6) is -6.31. The van der Waals surface area contributed by atoms with E-state index in [0.29, 0.717) is 51.7 Å². The molecule has 62 heavy (non-hydrogen) atoms. The zero-order chi connectivity index (χ0) is 45.1. The zero-order valence-corrected chi connectivity index (χ0v) is 36.9. The fourth-order valence-electron chi connectivity index (χ4n) is 13.4. The molecule has 7 fully saturated rings. The topological polar surface area (TPSA) is 214 Å². The maximum Gasteiger partial charge on any atom is 0.310 e. The number of fused-ring (bicyclic) bond motifs is 6. The summed E-state index contributed by atoms with van der Waals surface area (Å²) in [4.78, 5) is 102. The van der Waals surface area contributed by atoms with Crippen molar-refractivity contribution in [2.24, 2.45) is 63.1 Å². The molecule has 3 aliphatic heterocycles. The van der Waals surface area contributed by atoms with Crippen LogP contribution in [0.5, 0.6) is 0 Å². The van der Waals surface area contributed by atoms with Gasteiger partial charge in [0.05, 0.1) is 57.0 Å². The van der Waals surface area contributed by atoms with Gasteiger partial charge in [0.2, 0.25) is 0 Å². The lowest BCUT2D eigenvalue weighted by atomic mass is 9.43. The number of ether oxygens (including phenoxy) is 7. The van der Waals surface area contributed by atoms with Gasteiger partial charge in [0, 0.05) is 58.0 Å². The summed E-state index contributed by atoms with van der Waals surface area (Å²) in [6.07, 6.45) is 4.18. The number of Topliss-reactive ketones (excluding diaryl/α,β-unsaturated/α-hetero) is 2. The molecule has 4 heterocycles. The Labute approximate surface area is 362 Å². The van der Waals surface area contributed by atoms with Gasteiger partial charge in [-0.1, -0.05) is 27.7 Å². The molecule has 0 bridgehead atoms. The molecule has 4 aliphatic carbocycles. The third kappa shape index (κ3) is 7.55. The Morgan fingerprint density at radius 1 is 0.694 bits per heavy atom. The van der Waals surface area contributed by atoms with E-state index in [9.17, 15) is 38.4 Å². The normalized spacial score (nSPS) is 42.2. The van der Waals surface area contributed by atoms with Crippen LogP contribution in [0.4, 0.5) is 0 Å². The third-order valence-electron chi connectivity index (χ3n) is 16.2. The van der Waals surface area contributed by atoms with Crippen LogP contribution in [0.25, 0.3) is 0 Å². The third-order valence-corrected chi connectivity index (χ3v) is 16.2. The highest BCUT2D eigenvalue weighted by Gasteiger charge is 2.69. The highest BCUT2D eigenvalue weighted by atomic mass is 16.6. The summed E-state index contributed by atoms with van der Waals surface area (Å²) < 4.78 is 43.1. The van der Waals surface area contributed by atoms with E-state index in [1.165, 1.54) is 40.6 Å². The van der Waals surface area contributed by atoms with E-state index in [2.05, 4.69) is 0 Å². The Balaban J connectivity index is 0.000000206. The average molecular weight is 871 g/mol. The molecule has 3 unspecified atom stereocenters. The van der Waals surface area contributed by atoms with Crippen LogP contribution in [-0.2, 0) is 71.5 Å². The van der Waals surface area contributed by atoms with Crippen LogP contribution < -0.4 is 0 Å². The Morgan fingerprint density at radius 3 is 1.63 bits per heavy atom. The van der Waals surface area contributed by atoms with Gasteiger partial charge in [-0.25, -0.2) is 0 Å². The van der Waals surface area contributed by atoms with E-state index in [0.717, 1.165) is 12.0 Å². The van der Waals surface area contributed by atoms with E-state index in [1.54, 1.807) is 6.07 Å². The van der Waals surface area contributed by atoms with E-state index in [4.69, 9.17) is 37.6 Å². The lowest BCUT2D eigenvalue weighted by Crippen LogP contribution is -2.65. The molecule has 16 heteroatoms. The number of ketones is 2. The quantitative estimate of drug-likeness (QED) is 0.261. The molecule has 1 aromatic rings. The van der Waals surface area contributed by atoms with E-state index in [-0.39, 0.29) is 49.8 Å². The first-order chi connectivity index (χ1) is 29.2. The van der Waals surface area contributed by atoms with Crippen molar-refractivity contribution in [1.82, 2.24) is 0 Å². The molecule has 0 N–H and O–H groups in total. The van der Waals surface area contributed by atoms with Crippen molar-refractivity contribution in [3.05, 3.63) is 24.2 Å². The van der Waals surface area contributed by atoms with Crippen LogP contribution in [-0.4, -0.2) is 93.1 Å². The van der Waals surface area contributed by atoms with Crippen molar-refractivity contribution in [2.45, 2.75) is 124 Å². The summed E-state index contributed by atoms with van der Waals surface area (Å²) >= 11 is 0. The first kappa shape index (κ1) is 45.4. The monoisotopic (exact) mass is 870 g/mol. The van der Waals surface area contributed by atoms with Crippen molar-refractivity contribution >= 4 is 47.4 Å². The van der Waals surface area contributed by atoms with Crippen LogP contribution in [0.15, 0.2) is 23.0 Å². The van der Waals surface area contributed by atoms with Crippen LogP contribution >= 0.6 is 0 Å². The number of hydrogen-bond donors (Lipinski definition) is 0. The zero-order valence-electron chi connectivity index (χ0n) is 36.9. The van der Waals surface area contributed by atoms with Crippen molar-refractivity contribution in [3.63, 3.8) is 0 Å².